The smallest absolute Gasteiger partial charge is 0.139 e. The summed E-state index contributed by atoms with van der Waals surface area (Å²) < 4.78 is 0. The van der Waals surface area contributed by atoms with Gasteiger partial charge in [-0.05, 0) is 24.7 Å². The Hall–Kier alpha value is -0.330. The normalized spacial score (nSPS) is 64.8. The highest BCUT2D eigenvalue weighted by molar-refractivity contribution is 5.92. The van der Waals surface area contributed by atoms with Gasteiger partial charge in [-0.2, -0.15) is 0 Å². The van der Waals surface area contributed by atoms with Crippen LogP contribution in [0.3, 0.4) is 0 Å². The quantitative estimate of drug-likeness (QED) is 0.449. The van der Waals surface area contributed by atoms with E-state index in [2.05, 4.69) is 0 Å². The number of carbonyl (C=O) groups excluding carboxylic acids is 1. The largest absolute Gasteiger partial charge is 0.299 e. The molecule has 4 bridgehead atoms. The van der Waals surface area contributed by atoms with Gasteiger partial charge < -0.3 is 0 Å². The monoisotopic (exact) mass is 108 g/mol. The Kier molecular flexibility index (Phi) is 0.352. The highest BCUT2D eigenvalue weighted by Crippen LogP contribution is 2.68. The van der Waals surface area contributed by atoms with Crippen LogP contribution in [-0.4, -0.2) is 5.78 Å². The van der Waals surface area contributed by atoms with Crippen LogP contribution in [0, 0.1) is 23.7 Å². The first-order valence-corrected chi connectivity index (χ1v) is 3.41. The van der Waals surface area contributed by atoms with Crippen molar-refractivity contribution < 1.29 is 4.79 Å². The fraction of sp³-hybridized carbons (Fsp3) is 0.857. The van der Waals surface area contributed by atoms with Crippen LogP contribution in [0.15, 0.2) is 0 Å². The van der Waals surface area contributed by atoms with Crippen LogP contribution in [0.25, 0.3) is 0 Å². The lowest BCUT2D eigenvalue weighted by Crippen LogP contribution is -2.00. The van der Waals surface area contributed by atoms with Crippen LogP contribution in [0.1, 0.15) is 12.8 Å². The molecule has 2 unspecified atom stereocenters. The molecule has 0 spiro atoms. The third kappa shape index (κ3) is 0.188. The molecule has 4 fully saturated rings. The molecule has 0 saturated heterocycles. The van der Waals surface area contributed by atoms with Gasteiger partial charge in [-0.25, -0.2) is 0 Å². The van der Waals surface area contributed by atoms with Gasteiger partial charge in [-0.1, -0.05) is 0 Å². The Labute approximate surface area is 48.1 Å². The number of rotatable bonds is 0. The van der Waals surface area contributed by atoms with Gasteiger partial charge in [-0.3, -0.25) is 4.79 Å². The molecule has 0 radical (unpaired) electrons. The van der Waals surface area contributed by atoms with Crippen molar-refractivity contribution in [3.63, 3.8) is 0 Å². The van der Waals surface area contributed by atoms with Gasteiger partial charge in [-0.15, -0.1) is 0 Å². The first-order valence-electron chi connectivity index (χ1n) is 3.41. The molecule has 0 aromatic carbocycles. The Bertz CT molecular complexity index is 157. The van der Waals surface area contributed by atoms with E-state index in [-0.39, 0.29) is 0 Å². The Morgan fingerprint density at radius 2 is 1.88 bits per heavy atom. The van der Waals surface area contributed by atoms with Crippen LogP contribution < -0.4 is 0 Å². The summed E-state index contributed by atoms with van der Waals surface area (Å²) in [6, 6.07) is 0. The predicted octanol–water partition coefficient (Wildman–Crippen LogP) is 0.841. The van der Waals surface area contributed by atoms with E-state index in [0.29, 0.717) is 17.6 Å². The molecule has 1 heteroatoms. The summed E-state index contributed by atoms with van der Waals surface area (Å²) in [4.78, 5) is 11.0. The molecule has 42 valence electrons. The van der Waals surface area contributed by atoms with Gasteiger partial charge in [0.15, 0.2) is 0 Å². The number of carbonyl (C=O) groups is 1. The fourth-order valence-electron chi connectivity index (χ4n) is 2.77. The summed E-state index contributed by atoms with van der Waals surface area (Å²) in [6.07, 6.45) is 2.52. The molecule has 4 rings (SSSR count). The van der Waals surface area contributed by atoms with Crippen molar-refractivity contribution >= 4 is 5.78 Å². The molecule has 4 aliphatic rings. The zero-order valence-corrected chi connectivity index (χ0v) is 4.63. The fourth-order valence-corrected chi connectivity index (χ4v) is 2.77. The second-order valence-corrected chi connectivity index (χ2v) is 3.42. The van der Waals surface area contributed by atoms with E-state index in [9.17, 15) is 4.79 Å². The van der Waals surface area contributed by atoms with Crippen molar-refractivity contribution in [2.45, 2.75) is 12.8 Å². The Morgan fingerprint density at radius 1 is 1.25 bits per heavy atom. The molecule has 0 amide bonds. The molecule has 0 N–H and O–H groups in total. The van der Waals surface area contributed by atoms with Crippen molar-refractivity contribution in [2.24, 2.45) is 23.7 Å². The van der Waals surface area contributed by atoms with Crippen molar-refractivity contribution in [2.75, 3.05) is 0 Å². The van der Waals surface area contributed by atoms with Crippen molar-refractivity contribution in [3.8, 4) is 0 Å². The summed E-state index contributed by atoms with van der Waals surface area (Å²) >= 11 is 0. The summed E-state index contributed by atoms with van der Waals surface area (Å²) in [6.45, 7) is 0. The minimum atomic E-state index is 0.537. The van der Waals surface area contributed by atoms with Gasteiger partial charge in [0, 0.05) is 11.8 Å². The minimum Gasteiger partial charge on any atom is -0.299 e. The van der Waals surface area contributed by atoms with Crippen LogP contribution in [-0.2, 0) is 4.79 Å². The predicted molar refractivity (Wildman–Crippen MR) is 28.2 cm³/mol. The zero-order valence-electron chi connectivity index (χ0n) is 4.63. The summed E-state index contributed by atoms with van der Waals surface area (Å²) in [7, 11) is 0. The first kappa shape index (κ1) is 3.65. The van der Waals surface area contributed by atoms with Gasteiger partial charge in [0.2, 0.25) is 0 Å². The molecule has 0 aliphatic heterocycles. The molecule has 0 heterocycles. The van der Waals surface area contributed by atoms with Crippen LogP contribution in [0.2, 0.25) is 0 Å². The molecule has 1 nitrogen and oxygen atoms in total. The van der Waals surface area contributed by atoms with Crippen LogP contribution in [0.5, 0.6) is 0 Å². The van der Waals surface area contributed by atoms with Crippen molar-refractivity contribution in [1.29, 1.82) is 0 Å². The summed E-state index contributed by atoms with van der Waals surface area (Å²) in [5, 5.41) is 0. The topological polar surface area (TPSA) is 17.1 Å². The zero-order chi connectivity index (χ0) is 5.30. The van der Waals surface area contributed by atoms with E-state index in [4.69, 9.17) is 0 Å². The second kappa shape index (κ2) is 0.772. The SMILES string of the molecule is O=C1C2CC3C(C2)C13. The number of Topliss-reactive ketones (excluding diaryl/α,β-unsaturated/α-hetero) is 1. The molecule has 4 aliphatic carbocycles. The van der Waals surface area contributed by atoms with Gasteiger partial charge >= 0.3 is 0 Å². The van der Waals surface area contributed by atoms with E-state index < -0.39 is 0 Å². The molecule has 0 aromatic heterocycles. The van der Waals surface area contributed by atoms with Gasteiger partial charge in [0.25, 0.3) is 0 Å². The molecule has 4 saturated carbocycles. The van der Waals surface area contributed by atoms with Crippen LogP contribution >= 0.6 is 0 Å². The maximum Gasteiger partial charge on any atom is 0.139 e. The minimum absolute atomic E-state index is 0.537. The molecule has 8 heavy (non-hydrogen) atoms. The molecular weight excluding hydrogens is 100 g/mol. The van der Waals surface area contributed by atoms with E-state index in [0.717, 1.165) is 11.8 Å². The van der Waals surface area contributed by atoms with Crippen LogP contribution in [0.4, 0.5) is 0 Å². The Morgan fingerprint density at radius 3 is 2.00 bits per heavy atom. The lowest BCUT2D eigenvalue weighted by atomic mass is 10.1. The van der Waals surface area contributed by atoms with Crippen molar-refractivity contribution in [1.82, 2.24) is 0 Å². The maximum atomic E-state index is 11.0. The lowest BCUT2D eigenvalue weighted by Gasteiger charge is -1.90. The molecule has 2 atom stereocenters. The molecular formula is C7H8O. The summed E-state index contributed by atoms with van der Waals surface area (Å²) in [5.74, 6) is 3.50. The average molecular weight is 108 g/mol. The highest BCUT2D eigenvalue weighted by atomic mass is 16.1. The van der Waals surface area contributed by atoms with E-state index >= 15 is 0 Å². The lowest BCUT2D eigenvalue weighted by molar-refractivity contribution is -0.120. The van der Waals surface area contributed by atoms with Crippen molar-refractivity contribution in [3.05, 3.63) is 0 Å². The third-order valence-corrected chi connectivity index (χ3v) is 3.18. The van der Waals surface area contributed by atoms with E-state index in [1.807, 2.05) is 0 Å². The summed E-state index contributed by atoms with van der Waals surface area (Å²) in [5.41, 5.74) is 0. The second-order valence-electron chi connectivity index (χ2n) is 3.42. The number of hydrogen-bond donors (Lipinski definition) is 0. The maximum absolute atomic E-state index is 11.0. The van der Waals surface area contributed by atoms with Gasteiger partial charge in [0.05, 0.1) is 0 Å². The van der Waals surface area contributed by atoms with Gasteiger partial charge in [0.1, 0.15) is 5.78 Å². The molecule has 0 aromatic rings. The van der Waals surface area contributed by atoms with E-state index in [1.54, 1.807) is 0 Å². The highest BCUT2D eigenvalue weighted by Gasteiger charge is 2.68. The van der Waals surface area contributed by atoms with E-state index in [1.165, 1.54) is 12.8 Å². The average Bonchev–Trinajstić information content (AvgIpc) is 2.23. The standard InChI is InChI=1S/C7H8O/c8-7-3-1-4-5(2-3)6(4)7/h3-6H,1-2H2. The number of ketones is 1. The number of hydrogen-bond acceptors (Lipinski definition) is 1. The Balaban J connectivity index is 2.21. The third-order valence-electron chi connectivity index (χ3n) is 3.18. The first-order chi connectivity index (χ1) is 3.88.